The van der Waals surface area contributed by atoms with Crippen LogP contribution in [0.1, 0.15) is 61.6 Å². The summed E-state index contributed by atoms with van der Waals surface area (Å²) in [5.41, 5.74) is 3.98. The lowest BCUT2D eigenvalue weighted by Crippen LogP contribution is -2.15. The Morgan fingerprint density at radius 2 is 1.74 bits per heavy atom. The second-order valence-corrected chi connectivity index (χ2v) is 6.31. The number of rotatable bonds is 5. The van der Waals surface area contributed by atoms with Crippen molar-refractivity contribution in [2.24, 2.45) is 5.92 Å². The van der Waals surface area contributed by atoms with Crippen LogP contribution >= 0.6 is 0 Å². The molecule has 0 saturated heterocycles. The molecule has 1 aliphatic rings. The lowest BCUT2D eigenvalue weighted by molar-refractivity contribution is 0.149. The van der Waals surface area contributed by atoms with Crippen molar-refractivity contribution in [3.8, 4) is 0 Å². The summed E-state index contributed by atoms with van der Waals surface area (Å²) in [5.74, 6) is 0.876. The van der Waals surface area contributed by atoms with Gasteiger partial charge >= 0.3 is 0 Å². The molecule has 1 N–H and O–H groups in total. The van der Waals surface area contributed by atoms with Crippen LogP contribution in [0.5, 0.6) is 0 Å². The Morgan fingerprint density at radius 3 is 2.37 bits per heavy atom. The molecule has 0 heterocycles. The molecule has 1 fully saturated rings. The first kappa shape index (κ1) is 14.6. The second kappa shape index (κ2) is 7.09. The van der Waals surface area contributed by atoms with E-state index in [1.165, 1.54) is 55.2 Å². The van der Waals surface area contributed by atoms with E-state index in [1.807, 2.05) is 0 Å². The van der Waals surface area contributed by atoms with Crippen LogP contribution in [0.4, 0.5) is 0 Å². The summed E-state index contributed by atoms with van der Waals surface area (Å²) in [4.78, 5) is 0. The Morgan fingerprint density at radius 1 is 1.11 bits per heavy atom. The fourth-order valence-electron chi connectivity index (χ4n) is 3.41. The Balaban J connectivity index is 1.82. The summed E-state index contributed by atoms with van der Waals surface area (Å²) >= 11 is 0. The van der Waals surface area contributed by atoms with Crippen LogP contribution in [0.3, 0.4) is 0 Å². The molecular formula is C18H28O. The van der Waals surface area contributed by atoms with Crippen LogP contribution in [-0.2, 0) is 6.42 Å². The smallest absolute Gasteiger partial charge is 0.0580 e. The quantitative estimate of drug-likeness (QED) is 0.822. The third-order valence-corrected chi connectivity index (χ3v) is 4.72. The molecule has 0 bridgehead atoms. The van der Waals surface area contributed by atoms with Crippen molar-refractivity contribution >= 4 is 0 Å². The molecule has 0 aromatic heterocycles. The van der Waals surface area contributed by atoms with Gasteiger partial charge < -0.3 is 5.11 Å². The molecule has 0 aliphatic heterocycles. The first-order chi connectivity index (χ1) is 9.16. The van der Waals surface area contributed by atoms with Crippen molar-refractivity contribution in [1.29, 1.82) is 0 Å². The fourth-order valence-corrected chi connectivity index (χ4v) is 3.41. The molecule has 0 spiro atoms. The van der Waals surface area contributed by atoms with Gasteiger partial charge in [0.2, 0.25) is 0 Å². The predicted octanol–water partition coefficient (Wildman–Crippen LogP) is 4.57. The zero-order valence-corrected chi connectivity index (χ0v) is 12.5. The van der Waals surface area contributed by atoms with Crippen molar-refractivity contribution in [2.75, 3.05) is 0 Å². The van der Waals surface area contributed by atoms with E-state index in [1.54, 1.807) is 0 Å². The van der Waals surface area contributed by atoms with Crippen LogP contribution in [0.25, 0.3) is 0 Å². The van der Waals surface area contributed by atoms with E-state index in [-0.39, 0.29) is 6.10 Å². The van der Waals surface area contributed by atoms with Crippen molar-refractivity contribution in [3.63, 3.8) is 0 Å². The SMILES string of the molecule is Cc1cccc(C)c1CC(O)CCC1CCCCC1. The Bertz CT molecular complexity index is 370. The third kappa shape index (κ3) is 4.35. The van der Waals surface area contributed by atoms with Crippen LogP contribution in [0, 0.1) is 19.8 Å². The van der Waals surface area contributed by atoms with Gasteiger partial charge in [-0.15, -0.1) is 0 Å². The predicted molar refractivity (Wildman–Crippen MR) is 81.4 cm³/mol. The minimum atomic E-state index is -0.165. The van der Waals surface area contributed by atoms with Gasteiger partial charge in [-0.1, -0.05) is 50.3 Å². The molecule has 1 heteroatoms. The number of aliphatic hydroxyl groups excluding tert-OH is 1. The van der Waals surface area contributed by atoms with Gasteiger partial charge in [0.25, 0.3) is 0 Å². The van der Waals surface area contributed by atoms with Crippen LogP contribution in [0.2, 0.25) is 0 Å². The van der Waals surface area contributed by atoms with Crippen LogP contribution < -0.4 is 0 Å². The average molecular weight is 260 g/mol. The Labute approximate surface area is 118 Å². The van der Waals surface area contributed by atoms with E-state index in [9.17, 15) is 5.11 Å². The third-order valence-electron chi connectivity index (χ3n) is 4.72. The van der Waals surface area contributed by atoms with Gasteiger partial charge in [0.05, 0.1) is 6.10 Å². The largest absolute Gasteiger partial charge is 0.393 e. The summed E-state index contributed by atoms with van der Waals surface area (Å²) in [6, 6.07) is 6.40. The molecule has 1 aliphatic carbocycles. The van der Waals surface area contributed by atoms with E-state index in [0.29, 0.717) is 0 Å². The van der Waals surface area contributed by atoms with E-state index in [2.05, 4.69) is 32.0 Å². The van der Waals surface area contributed by atoms with Crippen molar-refractivity contribution in [1.82, 2.24) is 0 Å². The average Bonchev–Trinajstić information content (AvgIpc) is 2.42. The maximum Gasteiger partial charge on any atom is 0.0580 e. The number of benzene rings is 1. The summed E-state index contributed by atoms with van der Waals surface area (Å²) in [7, 11) is 0. The molecule has 2 rings (SSSR count). The van der Waals surface area contributed by atoms with Gasteiger partial charge in [-0.2, -0.15) is 0 Å². The fraction of sp³-hybridized carbons (Fsp3) is 0.667. The molecular weight excluding hydrogens is 232 g/mol. The summed E-state index contributed by atoms with van der Waals surface area (Å²) in [6.07, 6.45) is 9.83. The zero-order chi connectivity index (χ0) is 13.7. The van der Waals surface area contributed by atoms with Crippen molar-refractivity contribution in [2.45, 2.75) is 71.3 Å². The van der Waals surface area contributed by atoms with Crippen molar-refractivity contribution in [3.05, 3.63) is 34.9 Å². The van der Waals surface area contributed by atoms with E-state index < -0.39 is 0 Å². The van der Waals surface area contributed by atoms with Crippen LogP contribution in [0.15, 0.2) is 18.2 Å². The van der Waals surface area contributed by atoms with Crippen molar-refractivity contribution < 1.29 is 5.11 Å². The second-order valence-electron chi connectivity index (χ2n) is 6.31. The lowest BCUT2D eigenvalue weighted by atomic mass is 9.84. The Hall–Kier alpha value is -0.820. The monoisotopic (exact) mass is 260 g/mol. The van der Waals surface area contributed by atoms with Gasteiger partial charge in [0, 0.05) is 0 Å². The molecule has 0 amide bonds. The van der Waals surface area contributed by atoms with E-state index in [0.717, 1.165) is 18.8 Å². The summed E-state index contributed by atoms with van der Waals surface area (Å²) < 4.78 is 0. The number of hydrogen-bond donors (Lipinski definition) is 1. The number of hydrogen-bond acceptors (Lipinski definition) is 1. The summed E-state index contributed by atoms with van der Waals surface area (Å²) in [6.45, 7) is 4.30. The van der Waals surface area contributed by atoms with E-state index >= 15 is 0 Å². The highest BCUT2D eigenvalue weighted by atomic mass is 16.3. The molecule has 1 nitrogen and oxygen atoms in total. The maximum atomic E-state index is 10.3. The van der Waals surface area contributed by atoms with Crippen LogP contribution in [-0.4, -0.2) is 11.2 Å². The normalized spacial score (nSPS) is 18.5. The summed E-state index contributed by atoms with van der Waals surface area (Å²) in [5, 5.41) is 10.3. The number of aliphatic hydroxyl groups is 1. The van der Waals surface area contributed by atoms with Gasteiger partial charge in [0.1, 0.15) is 0 Å². The van der Waals surface area contributed by atoms with Gasteiger partial charge in [-0.25, -0.2) is 0 Å². The molecule has 1 atom stereocenters. The number of aryl methyl sites for hydroxylation is 2. The minimum absolute atomic E-state index is 0.165. The van der Waals surface area contributed by atoms with Gasteiger partial charge in [-0.05, 0) is 55.7 Å². The first-order valence-electron chi connectivity index (χ1n) is 7.90. The van der Waals surface area contributed by atoms with Gasteiger partial charge in [0.15, 0.2) is 0 Å². The topological polar surface area (TPSA) is 20.2 Å². The minimum Gasteiger partial charge on any atom is -0.393 e. The molecule has 0 radical (unpaired) electrons. The molecule has 1 saturated carbocycles. The Kier molecular flexibility index (Phi) is 5.45. The first-order valence-corrected chi connectivity index (χ1v) is 7.90. The highest BCUT2D eigenvalue weighted by Gasteiger charge is 2.16. The molecule has 106 valence electrons. The van der Waals surface area contributed by atoms with Gasteiger partial charge in [-0.3, -0.25) is 0 Å². The van der Waals surface area contributed by atoms with E-state index in [4.69, 9.17) is 0 Å². The highest BCUT2D eigenvalue weighted by molar-refractivity contribution is 5.33. The highest BCUT2D eigenvalue weighted by Crippen LogP contribution is 2.28. The lowest BCUT2D eigenvalue weighted by Gasteiger charge is -2.23. The molecule has 19 heavy (non-hydrogen) atoms. The maximum absolute atomic E-state index is 10.3. The molecule has 1 unspecified atom stereocenters. The molecule has 1 aromatic carbocycles. The standard InChI is InChI=1S/C18H28O/c1-14-7-6-8-15(2)18(14)13-17(19)12-11-16-9-4-3-5-10-16/h6-8,16-17,19H,3-5,9-13H2,1-2H3. The molecule has 1 aromatic rings. The zero-order valence-electron chi connectivity index (χ0n) is 12.5.